The number of carbonyl (C=O) groups is 1. The van der Waals surface area contributed by atoms with Crippen LogP contribution in [0.25, 0.3) is 0 Å². The summed E-state index contributed by atoms with van der Waals surface area (Å²) in [6.45, 7) is 0. The Bertz CT molecular complexity index is 136. The van der Waals surface area contributed by atoms with Crippen molar-refractivity contribution in [1.29, 1.82) is 0 Å². The molecule has 0 heterocycles. The quantitative estimate of drug-likeness (QED) is 0.520. The normalized spacial score (nSPS) is 35.6. The third-order valence-electron chi connectivity index (χ3n) is 2.54. The van der Waals surface area contributed by atoms with Crippen molar-refractivity contribution in [2.24, 2.45) is 11.8 Å². The van der Waals surface area contributed by atoms with E-state index in [1.165, 1.54) is 25.7 Å². The molecule has 2 fully saturated rings. The summed E-state index contributed by atoms with van der Waals surface area (Å²) in [6, 6.07) is 0. The van der Waals surface area contributed by atoms with Crippen LogP contribution in [0, 0.1) is 11.8 Å². The zero-order valence-corrected chi connectivity index (χ0v) is 5.60. The molecular weight excluding hydrogens is 112 g/mol. The van der Waals surface area contributed by atoms with Gasteiger partial charge in [-0.3, -0.25) is 4.79 Å². The first-order chi connectivity index (χ1) is 4.38. The van der Waals surface area contributed by atoms with Crippen molar-refractivity contribution in [3.63, 3.8) is 0 Å². The van der Waals surface area contributed by atoms with Gasteiger partial charge in [0.2, 0.25) is 0 Å². The van der Waals surface area contributed by atoms with Crippen molar-refractivity contribution in [2.75, 3.05) is 0 Å². The molecular formula is C8H12O. The van der Waals surface area contributed by atoms with Crippen LogP contribution in [0.4, 0.5) is 0 Å². The predicted octanol–water partition coefficient (Wildman–Crippen LogP) is 1.77. The molecule has 0 N–H and O–H groups in total. The molecule has 2 aliphatic rings. The Morgan fingerprint density at radius 2 is 2.00 bits per heavy atom. The highest BCUT2D eigenvalue weighted by Crippen LogP contribution is 2.42. The van der Waals surface area contributed by atoms with Crippen LogP contribution >= 0.6 is 0 Å². The van der Waals surface area contributed by atoms with E-state index in [2.05, 4.69) is 0 Å². The van der Waals surface area contributed by atoms with Crippen LogP contribution in [0.1, 0.15) is 32.1 Å². The fourth-order valence-electron chi connectivity index (χ4n) is 1.84. The number of carbonyl (C=O) groups excluding carboxylic acids is 1. The van der Waals surface area contributed by atoms with Gasteiger partial charge in [-0.25, -0.2) is 0 Å². The largest absolute Gasteiger partial charge is 0.299 e. The Balaban J connectivity index is 2.01. The molecule has 0 bridgehead atoms. The van der Waals surface area contributed by atoms with Crippen LogP contribution in [0.2, 0.25) is 0 Å². The molecule has 0 aromatic carbocycles. The fraction of sp³-hybridized carbons (Fsp3) is 0.875. The monoisotopic (exact) mass is 124 g/mol. The van der Waals surface area contributed by atoms with Gasteiger partial charge in [0.25, 0.3) is 0 Å². The average molecular weight is 124 g/mol. The second-order valence-corrected chi connectivity index (χ2v) is 3.30. The van der Waals surface area contributed by atoms with Crippen molar-refractivity contribution in [3.8, 4) is 0 Å². The van der Waals surface area contributed by atoms with E-state index in [9.17, 15) is 4.79 Å². The molecule has 0 spiro atoms. The van der Waals surface area contributed by atoms with Crippen LogP contribution in [0.5, 0.6) is 0 Å². The molecule has 2 saturated carbocycles. The first kappa shape index (κ1) is 5.45. The third-order valence-corrected chi connectivity index (χ3v) is 2.54. The molecule has 9 heavy (non-hydrogen) atoms. The standard InChI is InChI=1S/C8H12O/c9-8-3-1-2-7(8)6-4-5-6/h6-7H,1-5H2/t7-/m0/s1. The Kier molecular flexibility index (Phi) is 1.11. The van der Waals surface area contributed by atoms with Gasteiger partial charge in [-0.05, 0) is 31.6 Å². The minimum atomic E-state index is 0.505. The Labute approximate surface area is 55.4 Å². The molecule has 0 amide bonds. The topological polar surface area (TPSA) is 17.1 Å². The lowest BCUT2D eigenvalue weighted by Crippen LogP contribution is -2.07. The molecule has 0 aliphatic heterocycles. The molecule has 2 rings (SSSR count). The SMILES string of the molecule is O=C1CCC[C@H]1C1CC1. The lowest BCUT2D eigenvalue weighted by atomic mass is 10.0. The average Bonchev–Trinajstić information content (AvgIpc) is 2.58. The first-order valence-electron chi connectivity index (χ1n) is 3.90. The van der Waals surface area contributed by atoms with Crippen molar-refractivity contribution < 1.29 is 4.79 Å². The van der Waals surface area contributed by atoms with E-state index in [4.69, 9.17) is 0 Å². The third kappa shape index (κ3) is 0.887. The van der Waals surface area contributed by atoms with Gasteiger partial charge >= 0.3 is 0 Å². The van der Waals surface area contributed by atoms with Gasteiger partial charge in [0.05, 0.1) is 0 Å². The summed E-state index contributed by atoms with van der Waals surface area (Å²) in [5, 5.41) is 0. The molecule has 1 heteroatoms. The number of hydrogen-bond donors (Lipinski definition) is 0. The molecule has 50 valence electrons. The second-order valence-electron chi connectivity index (χ2n) is 3.30. The highest BCUT2D eigenvalue weighted by Gasteiger charge is 2.37. The van der Waals surface area contributed by atoms with E-state index in [0.29, 0.717) is 11.7 Å². The van der Waals surface area contributed by atoms with Crippen LogP contribution in [-0.4, -0.2) is 5.78 Å². The van der Waals surface area contributed by atoms with Gasteiger partial charge in [0, 0.05) is 12.3 Å². The summed E-state index contributed by atoms with van der Waals surface area (Å²) >= 11 is 0. The second kappa shape index (κ2) is 1.83. The summed E-state index contributed by atoms with van der Waals surface area (Å²) in [4.78, 5) is 11.1. The zero-order valence-electron chi connectivity index (χ0n) is 5.60. The Morgan fingerprint density at radius 1 is 1.22 bits per heavy atom. The maximum atomic E-state index is 11.1. The summed E-state index contributed by atoms with van der Waals surface area (Å²) in [7, 11) is 0. The Hall–Kier alpha value is -0.330. The summed E-state index contributed by atoms with van der Waals surface area (Å²) in [6.07, 6.45) is 5.90. The van der Waals surface area contributed by atoms with Gasteiger partial charge in [0.15, 0.2) is 0 Å². The van der Waals surface area contributed by atoms with E-state index >= 15 is 0 Å². The number of ketones is 1. The van der Waals surface area contributed by atoms with Crippen molar-refractivity contribution in [1.82, 2.24) is 0 Å². The van der Waals surface area contributed by atoms with Crippen LogP contribution in [-0.2, 0) is 4.79 Å². The van der Waals surface area contributed by atoms with E-state index in [1.807, 2.05) is 0 Å². The predicted molar refractivity (Wildman–Crippen MR) is 35.1 cm³/mol. The van der Waals surface area contributed by atoms with Crippen LogP contribution in [0.15, 0.2) is 0 Å². The highest BCUT2D eigenvalue weighted by molar-refractivity contribution is 5.83. The van der Waals surface area contributed by atoms with Gasteiger partial charge in [-0.1, -0.05) is 0 Å². The number of Topliss-reactive ketones (excluding diaryl/α,β-unsaturated/α-hetero) is 1. The maximum Gasteiger partial charge on any atom is 0.136 e. The number of rotatable bonds is 1. The van der Waals surface area contributed by atoms with Gasteiger partial charge < -0.3 is 0 Å². The van der Waals surface area contributed by atoms with E-state index < -0.39 is 0 Å². The summed E-state index contributed by atoms with van der Waals surface area (Å²) in [5.74, 6) is 1.88. The Morgan fingerprint density at radius 3 is 2.44 bits per heavy atom. The lowest BCUT2D eigenvalue weighted by molar-refractivity contribution is -0.121. The summed E-state index contributed by atoms with van der Waals surface area (Å²) in [5.41, 5.74) is 0. The van der Waals surface area contributed by atoms with E-state index in [0.717, 1.165) is 12.3 Å². The molecule has 0 aromatic heterocycles. The van der Waals surface area contributed by atoms with Crippen molar-refractivity contribution >= 4 is 5.78 Å². The highest BCUT2D eigenvalue weighted by atomic mass is 16.1. The lowest BCUT2D eigenvalue weighted by Gasteiger charge is -2.01. The van der Waals surface area contributed by atoms with Gasteiger partial charge in [-0.2, -0.15) is 0 Å². The first-order valence-corrected chi connectivity index (χ1v) is 3.90. The van der Waals surface area contributed by atoms with Crippen LogP contribution < -0.4 is 0 Å². The molecule has 0 aromatic rings. The minimum absolute atomic E-state index is 0.505. The molecule has 0 radical (unpaired) electrons. The molecule has 1 nitrogen and oxygen atoms in total. The maximum absolute atomic E-state index is 11.1. The minimum Gasteiger partial charge on any atom is -0.299 e. The fourth-order valence-corrected chi connectivity index (χ4v) is 1.84. The zero-order chi connectivity index (χ0) is 6.27. The number of hydrogen-bond acceptors (Lipinski definition) is 1. The smallest absolute Gasteiger partial charge is 0.136 e. The van der Waals surface area contributed by atoms with Crippen LogP contribution in [0.3, 0.4) is 0 Å². The van der Waals surface area contributed by atoms with Crippen molar-refractivity contribution in [2.45, 2.75) is 32.1 Å². The van der Waals surface area contributed by atoms with Gasteiger partial charge in [-0.15, -0.1) is 0 Å². The van der Waals surface area contributed by atoms with E-state index in [-0.39, 0.29) is 0 Å². The molecule has 0 saturated heterocycles. The van der Waals surface area contributed by atoms with E-state index in [1.54, 1.807) is 0 Å². The molecule has 1 atom stereocenters. The summed E-state index contributed by atoms with van der Waals surface area (Å²) < 4.78 is 0. The van der Waals surface area contributed by atoms with Crippen molar-refractivity contribution in [3.05, 3.63) is 0 Å². The molecule has 2 aliphatic carbocycles. The van der Waals surface area contributed by atoms with Gasteiger partial charge in [0.1, 0.15) is 5.78 Å². The molecule has 0 unspecified atom stereocenters.